The number of hydrogen-bond acceptors (Lipinski definition) is 2. The maximum absolute atomic E-state index is 13.0. The fourth-order valence-corrected chi connectivity index (χ4v) is 3.04. The van der Waals surface area contributed by atoms with Gasteiger partial charge in [-0.05, 0) is 44.6 Å². The van der Waals surface area contributed by atoms with Crippen LogP contribution in [0.15, 0.2) is 0 Å². The molecule has 17 heavy (non-hydrogen) atoms. The summed E-state index contributed by atoms with van der Waals surface area (Å²) in [6, 6.07) is -1.37. The summed E-state index contributed by atoms with van der Waals surface area (Å²) in [6.07, 6.45) is -0.128. The van der Waals surface area contributed by atoms with E-state index in [0.717, 1.165) is 19.3 Å². The third-order valence-electron chi connectivity index (χ3n) is 4.04. The Bertz CT molecular complexity index is 263. The van der Waals surface area contributed by atoms with Gasteiger partial charge in [0.2, 0.25) is 0 Å². The zero-order valence-corrected chi connectivity index (χ0v) is 10.1. The van der Waals surface area contributed by atoms with Gasteiger partial charge in [-0.1, -0.05) is 6.92 Å². The van der Waals surface area contributed by atoms with Crippen LogP contribution >= 0.6 is 0 Å². The van der Waals surface area contributed by atoms with Crippen LogP contribution in [0.25, 0.3) is 0 Å². The summed E-state index contributed by atoms with van der Waals surface area (Å²) in [5, 5.41) is 2.60. The van der Waals surface area contributed by atoms with Crippen molar-refractivity contribution in [3.05, 3.63) is 0 Å². The van der Waals surface area contributed by atoms with E-state index in [2.05, 4.69) is 5.32 Å². The number of rotatable bonds is 3. The zero-order chi connectivity index (χ0) is 12.5. The highest BCUT2D eigenvalue weighted by Gasteiger charge is 2.50. The van der Waals surface area contributed by atoms with Gasteiger partial charge in [-0.15, -0.1) is 0 Å². The summed E-state index contributed by atoms with van der Waals surface area (Å²) in [6.45, 7) is 2.55. The molecule has 1 aliphatic heterocycles. The van der Waals surface area contributed by atoms with Crippen LogP contribution in [0.3, 0.4) is 0 Å². The average Bonchev–Trinajstić information content (AvgIpc) is 2.22. The van der Waals surface area contributed by atoms with Gasteiger partial charge in [0, 0.05) is 6.61 Å². The monoisotopic (exact) mass is 251 g/mol. The minimum Gasteiger partial charge on any atom is -0.375 e. The van der Waals surface area contributed by atoms with Crippen LogP contribution in [0.2, 0.25) is 0 Å². The SMILES string of the molecule is CCNC(C1CCOC2(CCC2)C1)C(F)(F)F. The smallest absolute Gasteiger partial charge is 0.375 e. The molecule has 5 heteroatoms. The van der Waals surface area contributed by atoms with Crippen molar-refractivity contribution in [2.24, 2.45) is 5.92 Å². The second kappa shape index (κ2) is 4.76. The van der Waals surface area contributed by atoms with Crippen LogP contribution in [0.5, 0.6) is 0 Å². The summed E-state index contributed by atoms with van der Waals surface area (Å²) in [5.41, 5.74) is -0.220. The molecule has 0 bridgehead atoms. The lowest BCUT2D eigenvalue weighted by Crippen LogP contribution is -2.54. The molecule has 1 spiro atoms. The number of alkyl halides is 3. The lowest BCUT2D eigenvalue weighted by atomic mass is 9.70. The normalized spacial score (nSPS) is 30.0. The second-order valence-corrected chi connectivity index (χ2v) is 5.21. The molecule has 100 valence electrons. The molecule has 1 heterocycles. The van der Waals surface area contributed by atoms with E-state index in [1.54, 1.807) is 6.92 Å². The first kappa shape index (κ1) is 13.1. The molecule has 0 aromatic carbocycles. The van der Waals surface area contributed by atoms with Gasteiger partial charge in [-0.25, -0.2) is 0 Å². The number of halogens is 3. The van der Waals surface area contributed by atoms with E-state index in [1.807, 2.05) is 0 Å². The molecule has 2 atom stereocenters. The molecule has 2 rings (SSSR count). The molecule has 2 nitrogen and oxygen atoms in total. The maximum atomic E-state index is 13.0. The van der Waals surface area contributed by atoms with Crippen molar-refractivity contribution in [3.63, 3.8) is 0 Å². The lowest BCUT2D eigenvalue weighted by Gasteiger charge is -2.49. The highest BCUT2D eigenvalue weighted by Crippen LogP contribution is 2.46. The molecular weight excluding hydrogens is 231 g/mol. The van der Waals surface area contributed by atoms with Crippen molar-refractivity contribution in [1.82, 2.24) is 5.32 Å². The van der Waals surface area contributed by atoms with Crippen LogP contribution in [-0.2, 0) is 4.74 Å². The Morgan fingerprint density at radius 3 is 2.59 bits per heavy atom. The molecular formula is C12H20F3NO. The van der Waals surface area contributed by atoms with E-state index in [1.165, 1.54) is 0 Å². The zero-order valence-electron chi connectivity index (χ0n) is 10.1. The van der Waals surface area contributed by atoms with Gasteiger partial charge in [0.15, 0.2) is 0 Å². The average molecular weight is 251 g/mol. The van der Waals surface area contributed by atoms with E-state index in [-0.39, 0.29) is 11.5 Å². The minimum absolute atomic E-state index is 0.220. The minimum atomic E-state index is -4.15. The van der Waals surface area contributed by atoms with Crippen molar-refractivity contribution in [3.8, 4) is 0 Å². The first-order valence-electron chi connectivity index (χ1n) is 6.41. The Kier molecular flexibility index (Phi) is 3.69. The molecule has 1 saturated heterocycles. The fourth-order valence-electron chi connectivity index (χ4n) is 3.04. The molecule has 0 radical (unpaired) electrons. The van der Waals surface area contributed by atoms with Gasteiger partial charge < -0.3 is 10.1 Å². The van der Waals surface area contributed by atoms with Crippen LogP contribution in [0.1, 0.15) is 39.0 Å². The molecule has 1 aliphatic carbocycles. The molecule has 0 amide bonds. The number of nitrogens with one attached hydrogen (secondary N) is 1. The predicted molar refractivity (Wildman–Crippen MR) is 58.8 cm³/mol. The Labute approximate surface area is 99.9 Å². The van der Waals surface area contributed by atoms with Gasteiger partial charge in [-0.3, -0.25) is 0 Å². The molecule has 2 fully saturated rings. The summed E-state index contributed by atoms with van der Waals surface area (Å²) in [4.78, 5) is 0. The molecule has 2 unspecified atom stereocenters. The Morgan fingerprint density at radius 2 is 2.12 bits per heavy atom. The van der Waals surface area contributed by atoms with Crippen molar-refractivity contribution in [2.75, 3.05) is 13.2 Å². The standard InChI is InChI=1S/C12H20F3NO/c1-2-16-10(12(13,14)15)9-4-7-17-11(8-9)5-3-6-11/h9-10,16H,2-8H2,1H3. The quantitative estimate of drug-likeness (QED) is 0.832. The van der Waals surface area contributed by atoms with Crippen molar-refractivity contribution >= 4 is 0 Å². The van der Waals surface area contributed by atoms with Crippen LogP contribution < -0.4 is 5.32 Å². The maximum Gasteiger partial charge on any atom is 0.404 e. The molecule has 2 aliphatic rings. The summed E-state index contributed by atoms with van der Waals surface area (Å²) < 4.78 is 44.6. The topological polar surface area (TPSA) is 21.3 Å². The Balaban J connectivity index is 2.02. The van der Waals surface area contributed by atoms with Crippen molar-refractivity contribution < 1.29 is 17.9 Å². The van der Waals surface area contributed by atoms with Crippen molar-refractivity contribution in [2.45, 2.75) is 56.8 Å². The van der Waals surface area contributed by atoms with E-state index in [4.69, 9.17) is 4.74 Å². The van der Waals surface area contributed by atoms with Crippen molar-refractivity contribution in [1.29, 1.82) is 0 Å². The predicted octanol–water partition coefficient (Wildman–Crippen LogP) is 2.88. The van der Waals surface area contributed by atoms with E-state index in [0.29, 0.717) is 26.0 Å². The second-order valence-electron chi connectivity index (χ2n) is 5.21. The third kappa shape index (κ3) is 2.76. The third-order valence-corrected chi connectivity index (χ3v) is 4.04. The molecule has 0 aromatic heterocycles. The van der Waals surface area contributed by atoms with Crippen LogP contribution in [0.4, 0.5) is 13.2 Å². The largest absolute Gasteiger partial charge is 0.404 e. The van der Waals surface area contributed by atoms with Crippen LogP contribution in [0, 0.1) is 5.92 Å². The van der Waals surface area contributed by atoms with Gasteiger partial charge in [0.1, 0.15) is 6.04 Å². The highest BCUT2D eigenvalue weighted by atomic mass is 19.4. The van der Waals surface area contributed by atoms with Gasteiger partial charge >= 0.3 is 6.18 Å². The van der Waals surface area contributed by atoms with Crippen LogP contribution in [-0.4, -0.2) is 31.0 Å². The van der Waals surface area contributed by atoms with E-state index in [9.17, 15) is 13.2 Å². The molecule has 0 aromatic rings. The summed E-state index contributed by atoms with van der Waals surface area (Å²) >= 11 is 0. The lowest BCUT2D eigenvalue weighted by molar-refractivity contribution is -0.198. The molecule has 1 N–H and O–H groups in total. The Morgan fingerprint density at radius 1 is 1.41 bits per heavy atom. The van der Waals surface area contributed by atoms with Gasteiger partial charge in [-0.2, -0.15) is 13.2 Å². The van der Waals surface area contributed by atoms with E-state index >= 15 is 0 Å². The summed E-state index contributed by atoms with van der Waals surface area (Å²) in [5.74, 6) is -0.330. The fraction of sp³-hybridized carbons (Fsp3) is 1.00. The number of hydrogen-bond donors (Lipinski definition) is 1. The van der Waals surface area contributed by atoms with Gasteiger partial charge in [0.25, 0.3) is 0 Å². The van der Waals surface area contributed by atoms with Gasteiger partial charge in [0.05, 0.1) is 5.60 Å². The summed E-state index contributed by atoms with van der Waals surface area (Å²) in [7, 11) is 0. The molecule has 1 saturated carbocycles. The van der Waals surface area contributed by atoms with E-state index < -0.39 is 12.2 Å². The first-order valence-corrected chi connectivity index (χ1v) is 6.41. The Hall–Kier alpha value is -0.290. The highest BCUT2D eigenvalue weighted by molar-refractivity contribution is 4.97. The first-order chi connectivity index (χ1) is 7.97. The number of ether oxygens (including phenoxy) is 1.